The van der Waals surface area contributed by atoms with E-state index in [0.717, 1.165) is 25.4 Å². The first-order valence-electron chi connectivity index (χ1n) is 7.21. The smallest absolute Gasteiger partial charge is 0.125 e. The standard InChI is InChI=1S/C17H29NO/c1-13-7-8-14(2)16(15(13)3)19-12-11-18-10-9-17(4,5)6/h7-8,18H,9-12H2,1-6H3. The summed E-state index contributed by atoms with van der Waals surface area (Å²) in [6, 6.07) is 4.28. The second-order valence-electron chi connectivity index (χ2n) is 6.56. The monoisotopic (exact) mass is 263 g/mol. The van der Waals surface area contributed by atoms with Gasteiger partial charge in [0.2, 0.25) is 0 Å². The van der Waals surface area contributed by atoms with Gasteiger partial charge in [0.05, 0.1) is 0 Å². The molecule has 2 heteroatoms. The van der Waals surface area contributed by atoms with Crippen LogP contribution in [0.15, 0.2) is 12.1 Å². The van der Waals surface area contributed by atoms with Crippen LogP contribution in [0.5, 0.6) is 5.75 Å². The summed E-state index contributed by atoms with van der Waals surface area (Å²) >= 11 is 0. The Labute approximate surface area is 118 Å². The second-order valence-corrected chi connectivity index (χ2v) is 6.56. The van der Waals surface area contributed by atoms with Crippen molar-refractivity contribution in [2.24, 2.45) is 5.41 Å². The van der Waals surface area contributed by atoms with Gasteiger partial charge in [-0.15, -0.1) is 0 Å². The zero-order chi connectivity index (χ0) is 14.5. The maximum Gasteiger partial charge on any atom is 0.125 e. The predicted molar refractivity (Wildman–Crippen MR) is 83.1 cm³/mol. The average molecular weight is 263 g/mol. The first-order chi connectivity index (χ1) is 8.81. The number of nitrogens with one attached hydrogen (secondary N) is 1. The molecule has 1 aromatic carbocycles. The van der Waals surface area contributed by atoms with Crippen molar-refractivity contribution in [1.82, 2.24) is 5.32 Å². The van der Waals surface area contributed by atoms with Crippen LogP contribution >= 0.6 is 0 Å². The van der Waals surface area contributed by atoms with Crippen LogP contribution in [0.1, 0.15) is 43.9 Å². The minimum absolute atomic E-state index is 0.400. The summed E-state index contributed by atoms with van der Waals surface area (Å²) in [6.07, 6.45) is 1.19. The van der Waals surface area contributed by atoms with Crippen LogP contribution in [0.4, 0.5) is 0 Å². The lowest BCUT2D eigenvalue weighted by molar-refractivity contribution is 0.300. The van der Waals surface area contributed by atoms with Crippen LogP contribution in [0.2, 0.25) is 0 Å². The van der Waals surface area contributed by atoms with Crippen molar-refractivity contribution in [3.8, 4) is 5.75 Å². The molecule has 0 aliphatic rings. The highest BCUT2D eigenvalue weighted by atomic mass is 16.5. The number of hydrogen-bond acceptors (Lipinski definition) is 2. The van der Waals surface area contributed by atoms with E-state index >= 15 is 0 Å². The van der Waals surface area contributed by atoms with Gasteiger partial charge < -0.3 is 10.1 Å². The summed E-state index contributed by atoms with van der Waals surface area (Å²) in [7, 11) is 0. The molecule has 0 amide bonds. The average Bonchev–Trinajstić information content (AvgIpc) is 2.31. The van der Waals surface area contributed by atoms with Gasteiger partial charge in [0.25, 0.3) is 0 Å². The van der Waals surface area contributed by atoms with Crippen molar-refractivity contribution in [2.75, 3.05) is 19.7 Å². The summed E-state index contributed by atoms with van der Waals surface area (Å²) in [5.74, 6) is 1.05. The van der Waals surface area contributed by atoms with Crippen molar-refractivity contribution >= 4 is 0 Å². The summed E-state index contributed by atoms with van der Waals surface area (Å²) < 4.78 is 5.92. The largest absolute Gasteiger partial charge is 0.492 e. The number of rotatable bonds is 6. The summed E-state index contributed by atoms with van der Waals surface area (Å²) in [5, 5.41) is 3.44. The van der Waals surface area contributed by atoms with Gasteiger partial charge >= 0.3 is 0 Å². The van der Waals surface area contributed by atoms with Crippen molar-refractivity contribution in [3.05, 3.63) is 28.8 Å². The van der Waals surface area contributed by atoms with Gasteiger partial charge in [0, 0.05) is 6.54 Å². The van der Waals surface area contributed by atoms with Crippen molar-refractivity contribution in [2.45, 2.75) is 48.0 Å². The van der Waals surface area contributed by atoms with Crippen molar-refractivity contribution in [1.29, 1.82) is 0 Å². The van der Waals surface area contributed by atoms with Gasteiger partial charge in [-0.25, -0.2) is 0 Å². The Morgan fingerprint density at radius 1 is 1.00 bits per heavy atom. The van der Waals surface area contributed by atoms with Gasteiger partial charge in [0.15, 0.2) is 0 Å². The number of aryl methyl sites for hydroxylation is 2. The molecule has 0 heterocycles. The fourth-order valence-corrected chi connectivity index (χ4v) is 1.96. The van der Waals surface area contributed by atoms with E-state index in [1.165, 1.54) is 23.1 Å². The van der Waals surface area contributed by atoms with Gasteiger partial charge in [0.1, 0.15) is 12.4 Å². The maximum absolute atomic E-state index is 5.92. The maximum atomic E-state index is 5.92. The third kappa shape index (κ3) is 5.65. The third-order valence-corrected chi connectivity index (χ3v) is 3.45. The van der Waals surface area contributed by atoms with E-state index in [2.05, 4.69) is 59.0 Å². The minimum atomic E-state index is 0.400. The Morgan fingerprint density at radius 3 is 2.26 bits per heavy atom. The Balaban J connectivity index is 2.32. The molecule has 0 saturated carbocycles. The zero-order valence-corrected chi connectivity index (χ0v) is 13.4. The Kier molecular flexibility index (Phi) is 5.86. The lowest BCUT2D eigenvalue weighted by atomic mass is 9.92. The molecule has 0 saturated heterocycles. The molecule has 0 aromatic heterocycles. The van der Waals surface area contributed by atoms with Crippen LogP contribution in [-0.4, -0.2) is 19.7 Å². The summed E-state index contributed by atoms with van der Waals surface area (Å²) in [4.78, 5) is 0. The third-order valence-electron chi connectivity index (χ3n) is 3.45. The molecule has 0 aliphatic carbocycles. The van der Waals surface area contributed by atoms with Crippen LogP contribution in [0.25, 0.3) is 0 Å². The molecule has 0 unspecified atom stereocenters. The Morgan fingerprint density at radius 2 is 1.63 bits per heavy atom. The number of ether oxygens (including phenoxy) is 1. The first-order valence-corrected chi connectivity index (χ1v) is 7.21. The van der Waals surface area contributed by atoms with Crippen LogP contribution in [0, 0.1) is 26.2 Å². The molecule has 1 rings (SSSR count). The fraction of sp³-hybridized carbons (Fsp3) is 0.647. The Bertz CT molecular complexity index is 404. The molecule has 108 valence electrons. The number of hydrogen-bond donors (Lipinski definition) is 1. The minimum Gasteiger partial charge on any atom is -0.492 e. The lowest BCUT2D eigenvalue weighted by Crippen LogP contribution is -2.25. The van der Waals surface area contributed by atoms with Crippen LogP contribution < -0.4 is 10.1 Å². The van der Waals surface area contributed by atoms with Crippen molar-refractivity contribution < 1.29 is 4.74 Å². The molecule has 0 fully saturated rings. The molecule has 0 atom stereocenters. The Hall–Kier alpha value is -1.02. The van der Waals surface area contributed by atoms with Gasteiger partial charge in [-0.1, -0.05) is 32.9 Å². The van der Waals surface area contributed by atoms with E-state index in [4.69, 9.17) is 4.74 Å². The normalized spacial score (nSPS) is 11.7. The van der Waals surface area contributed by atoms with Gasteiger partial charge in [-0.05, 0) is 55.8 Å². The van der Waals surface area contributed by atoms with E-state index in [1.54, 1.807) is 0 Å². The predicted octanol–water partition coefficient (Wildman–Crippen LogP) is 4.02. The van der Waals surface area contributed by atoms with Gasteiger partial charge in [-0.3, -0.25) is 0 Å². The molecule has 0 radical (unpaired) electrons. The highest BCUT2D eigenvalue weighted by Gasteiger charge is 2.09. The first kappa shape index (κ1) is 16.0. The van der Waals surface area contributed by atoms with E-state index < -0.39 is 0 Å². The summed E-state index contributed by atoms with van der Waals surface area (Å²) in [5.41, 5.74) is 4.17. The van der Waals surface area contributed by atoms with E-state index in [9.17, 15) is 0 Å². The van der Waals surface area contributed by atoms with Crippen LogP contribution in [-0.2, 0) is 0 Å². The molecule has 2 nitrogen and oxygen atoms in total. The summed E-state index contributed by atoms with van der Waals surface area (Å²) in [6.45, 7) is 15.9. The second kappa shape index (κ2) is 6.95. The molecule has 1 N–H and O–H groups in total. The molecule has 1 aromatic rings. The molecule has 19 heavy (non-hydrogen) atoms. The SMILES string of the molecule is Cc1ccc(C)c(OCCNCCC(C)(C)C)c1C. The molecule has 0 spiro atoms. The molecule has 0 bridgehead atoms. The molecular weight excluding hydrogens is 234 g/mol. The van der Waals surface area contributed by atoms with E-state index in [0.29, 0.717) is 5.41 Å². The van der Waals surface area contributed by atoms with E-state index in [1.807, 2.05) is 0 Å². The van der Waals surface area contributed by atoms with Crippen LogP contribution in [0.3, 0.4) is 0 Å². The van der Waals surface area contributed by atoms with Crippen molar-refractivity contribution in [3.63, 3.8) is 0 Å². The zero-order valence-electron chi connectivity index (χ0n) is 13.4. The topological polar surface area (TPSA) is 21.3 Å². The number of benzene rings is 1. The highest BCUT2D eigenvalue weighted by molar-refractivity contribution is 5.44. The fourth-order valence-electron chi connectivity index (χ4n) is 1.96. The molecular formula is C17H29NO. The lowest BCUT2D eigenvalue weighted by Gasteiger charge is -2.18. The molecule has 0 aliphatic heterocycles. The highest BCUT2D eigenvalue weighted by Crippen LogP contribution is 2.25. The van der Waals surface area contributed by atoms with Gasteiger partial charge in [-0.2, -0.15) is 0 Å². The van der Waals surface area contributed by atoms with E-state index in [-0.39, 0.29) is 0 Å². The quantitative estimate of drug-likeness (QED) is 0.783.